The summed E-state index contributed by atoms with van der Waals surface area (Å²) in [6.07, 6.45) is 3.16. The molecule has 1 N–H and O–H groups in total. The van der Waals surface area contributed by atoms with Crippen molar-refractivity contribution in [2.75, 3.05) is 12.4 Å². The van der Waals surface area contributed by atoms with Crippen LogP contribution in [0.5, 0.6) is 0 Å². The van der Waals surface area contributed by atoms with Gasteiger partial charge in [-0.25, -0.2) is 0 Å². The van der Waals surface area contributed by atoms with Gasteiger partial charge in [0.2, 0.25) is 0 Å². The van der Waals surface area contributed by atoms with Gasteiger partial charge in [0.05, 0.1) is 18.9 Å². The Morgan fingerprint density at radius 3 is 2.74 bits per heavy atom. The topological polar surface area (TPSA) is 84.2 Å². The lowest BCUT2D eigenvalue weighted by molar-refractivity contribution is 0.102. The van der Waals surface area contributed by atoms with Crippen LogP contribution in [0.15, 0.2) is 47.2 Å². The number of benzene rings is 1. The number of carbonyl (C=O) groups is 1. The van der Waals surface area contributed by atoms with Gasteiger partial charge >= 0.3 is 0 Å². The van der Waals surface area contributed by atoms with Gasteiger partial charge in [-0.3, -0.25) is 9.69 Å². The van der Waals surface area contributed by atoms with Crippen LogP contribution in [-0.2, 0) is 13.1 Å². The second kappa shape index (κ2) is 7.12. The zero-order chi connectivity index (χ0) is 16.1. The molecule has 1 amide bonds. The number of aromatic nitrogens is 3. The van der Waals surface area contributed by atoms with Crippen molar-refractivity contribution in [3.05, 3.63) is 59.6 Å². The minimum Gasteiger partial charge on any atom is -0.360 e. The number of amides is 1. The third-order valence-electron chi connectivity index (χ3n) is 3.18. The first-order valence-electron chi connectivity index (χ1n) is 6.96. The average molecular weight is 329 g/mol. The van der Waals surface area contributed by atoms with Crippen LogP contribution in [0, 0.1) is 0 Å². The summed E-state index contributed by atoms with van der Waals surface area (Å²) >= 11 is 1.15. The van der Waals surface area contributed by atoms with Crippen molar-refractivity contribution in [3.63, 3.8) is 0 Å². The maximum atomic E-state index is 12.1. The molecule has 118 valence electrons. The number of nitrogens with zero attached hydrogens (tertiary/aromatic N) is 4. The fraction of sp³-hybridized carbons (Fsp3) is 0.200. The number of rotatable bonds is 6. The van der Waals surface area contributed by atoms with E-state index < -0.39 is 0 Å². The molecule has 2 aromatic heterocycles. The van der Waals surface area contributed by atoms with Crippen LogP contribution >= 0.6 is 11.5 Å². The van der Waals surface area contributed by atoms with E-state index in [2.05, 4.69) is 25.0 Å². The van der Waals surface area contributed by atoms with Crippen LogP contribution in [0.25, 0.3) is 0 Å². The first kappa shape index (κ1) is 15.3. The molecule has 0 fully saturated rings. The Kier molecular flexibility index (Phi) is 4.74. The maximum absolute atomic E-state index is 12.1. The summed E-state index contributed by atoms with van der Waals surface area (Å²) in [7, 11) is 2.00. The predicted molar refractivity (Wildman–Crippen MR) is 86.0 cm³/mol. The van der Waals surface area contributed by atoms with E-state index in [9.17, 15) is 4.79 Å². The highest BCUT2D eigenvalue weighted by Crippen LogP contribution is 2.13. The molecule has 0 saturated carbocycles. The molecule has 0 saturated heterocycles. The predicted octanol–water partition coefficient (Wildman–Crippen LogP) is 2.41. The molecule has 0 aliphatic carbocycles. The Bertz CT molecular complexity index is 741. The highest BCUT2D eigenvalue weighted by atomic mass is 32.1. The Morgan fingerprint density at radius 2 is 2.09 bits per heavy atom. The lowest BCUT2D eigenvalue weighted by Crippen LogP contribution is -2.17. The minimum absolute atomic E-state index is 0.169. The summed E-state index contributed by atoms with van der Waals surface area (Å²) in [6, 6.07) is 9.34. The summed E-state index contributed by atoms with van der Waals surface area (Å²) < 4.78 is 8.79. The maximum Gasteiger partial charge on any atom is 0.256 e. The third-order valence-corrected chi connectivity index (χ3v) is 3.76. The van der Waals surface area contributed by atoms with Gasteiger partial charge in [-0.05, 0) is 24.7 Å². The number of hydrogen-bond acceptors (Lipinski definition) is 7. The molecule has 0 spiro atoms. The van der Waals surface area contributed by atoms with Gasteiger partial charge in [0.25, 0.3) is 5.91 Å². The number of carbonyl (C=O) groups excluding carboxylic acids is 1. The molecule has 23 heavy (non-hydrogen) atoms. The Labute approximate surface area is 137 Å². The van der Waals surface area contributed by atoms with Crippen LogP contribution in [-0.4, -0.2) is 32.6 Å². The van der Waals surface area contributed by atoms with Crippen molar-refractivity contribution in [1.29, 1.82) is 0 Å². The molecule has 0 aliphatic heterocycles. The molecule has 0 atom stereocenters. The van der Waals surface area contributed by atoms with Gasteiger partial charge in [-0.1, -0.05) is 21.8 Å². The lowest BCUT2D eigenvalue weighted by Gasteiger charge is -2.14. The summed E-state index contributed by atoms with van der Waals surface area (Å²) in [5.74, 6) is 0.652. The van der Waals surface area contributed by atoms with E-state index >= 15 is 0 Å². The first-order valence-corrected chi connectivity index (χ1v) is 7.74. The molecule has 0 aliphatic rings. The molecule has 3 aromatic rings. The van der Waals surface area contributed by atoms with Crippen LogP contribution in [0.2, 0.25) is 0 Å². The molecule has 7 nitrogen and oxygen atoms in total. The van der Waals surface area contributed by atoms with Gasteiger partial charge in [0.1, 0.15) is 5.00 Å². The Morgan fingerprint density at radius 1 is 1.26 bits per heavy atom. The average Bonchev–Trinajstić information content (AvgIpc) is 3.21. The minimum atomic E-state index is -0.169. The van der Waals surface area contributed by atoms with Crippen molar-refractivity contribution in [3.8, 4) is 0 Å². The van der Waals surface area contributed by atoms with Crippen molar-refractivity contribution in [1.82, 2.24) is 19.6 Å². The molecule has 0 bridgehead atoms. The fourth-order valence-electron chi connectivity index (χ4n) is 2.13. The monoisotopic (exact) mass is 329 g/mol. The Hall–Kier alpha value is -2.58. The van der Waals surface area contributed by atoms with Crippen LogP contribution in [0.3, 0.4) is 0 Å². The normalized spacial score (nSPS) is 10.9. The molecule has 3 rings (SSSR count). The first-order chi connectivity index (χ1) is 11.2. The summed E-state index contributed by atoms with van der Waals surface area (Å²) in [4.78, 5) is 14.2. The van der Waals surface area contributed by atoms with Gasteiger partial charge < -0.3 is 9.84 Å². The van der Waals surface area contributed by atoms with Crippen molar-refractivity contribution in [2.24, 2.45) is 0 Å². The van der Waals surface area contributed by atoms with Crippen molar-refractivity contribution >= 4 is 22.4 Å². The van der Waals surface area contributed by atoms with E-state index in [0.29, 0.717) is 17.1 Å². The van der Waals surface area contributed by atoms with Crippen molar-refractivity contribution in [2.45, 2.75) is 13.1 Å². The van der Waals surface area contributed by atoms with Gasteiger partial charge in [-0.15, -0.1) is 5.10 Å². The molecule has 8 heteroatoms. The van der Waals surface area contributed by atoms with Gasteiger partial charge in [-0.2, -0.15) is 0 Å². The van der Waals surface area contributed by atoms with Crippen LogP contribution in [0.4, 0.5) is 5.00 Å². The van der Waals surface area contributed by atoms with E-state index in [0.717, 1.165) is 29.4 Å². The van der Waals surface area contributed by atoms with E-state index in [4.69, 9.17) is 4.52 Å². The quantitative estimate of drug-likeness (QED) is 0.747. The Balaban J connectivity index is 1.57. The van der Waals surface area contributed by atoms with E-state index in [1.807, 2.05) is 25.2 Å². The summed E-state index contributed by atoms with van der Waals surface area (Å²) in [5, 5.41) is 10.8. The molecular weight excluding hydrogens is 314 g/mol. The molecular formula is C15H15N5O2S. The molecule has 0 unspecified atom stereocenters. The number of hydrogen-bond donors (Lipinski definition) is 1. The number of nitrogens with one attached hydrogen (secondary N) is 1. The zero-order valence-electron chi connectivity index (χ0n) is 12.5. The number of anilines is 1. The van der Waals surface area contributed by atoms with E-state index in [1.54, 1.807) is 18.3 Å². The molecule has 2 heterocycles. The zero-order valence-corrected chi connectivity index (χ0v) is 13.3. The SMILES string of the molecule is CN(Cc1ccc(C(=O)Nc2cnns2)cc1)Cc1ccno1. The highest BCUT2D eigenvalue weighted by molar-refractivity contribution is 7.10. The second-order valence-corrected chi connectivity index (χ2v) is 5.87. The fourth-order valence-corrected chi connectivity index (χ4v) is 2.54. The molecule has 0 radical (unpaired) electrons. The highest BCUT2D eigenvalue weighted by Gasteiger charge is 2.09. The van der Waals surface area contributed by atoms with Gasteiger partial charge in [0, 0.05) is 29.7 Å². The lowest BCUT2D eigenvalue weighted by atomic mass is 10.1. The molecule has 1 aromatic carbocycles. The standard InChI is InChI=1S/C15H15N5O2S/c1-20(10-13-6-7-17-22-13)9-11-2-4-12(5-3-11)15(21)18-14-8-16-19-23-14/h2-8H,9-10H2,1H3,(H,18,21). The summed E-state index contributed by atoms with van der Waals surface area (Å²) in [5.41, 5.74) is 1.71. The van der Waals surface area contributed by atoms with Crippen LogP contribution in [0.1, 0.15) is 21.7 Å². The van der Waals surface area contributed by atoms with Gasteiger partial charge in [0.15, 0.2) is 5.76 Å². The summed E-state index contributed by atoms with van der Waals surface area (Å²) in [6.45, 7) is 1.43. The van der Waals surface area contributed by atoms with Crippen molar-refractivity contribution < 1.29 is 9.32 Å². The van der Waals surface area contributed by atoms with Crippen LogP contribution < -0.4 is 5.32 Å². The second-order valence-electron chi connectivity index (χ2n) is 5.08. The van der Waals surface area contributed by atoms with E-state index in [-0.39, 0.29) is 5.91 Å². The third kappa shape index (κ3) is 4.21. The smallest absolute Gasteiger partial charge is 0.256 e. The van der Waals surface area contributed by atoms with E-state index in [1.165, 1.54) is 6.20 Å². The largest absolute Gasteiger partial charge is 0.360 e.